The predicted molar refractivity (Wildman–Crippen MR) is 106 cm³/mol. The number of halogens is 1. The van der Waals surface area contributed by atoms with Crippen LogP contribution in [0.25, 0.3) is 6.08 Å². The quantitative estimate of drug-likeness (QED) is 0.407. The summed E-state index contributed by atoms with van der Waals surface area (Å²) < 4.78 is 0.309. The molecule has 2 amide bonds. The number of hydrogen-bond acceptors (Lipinski definition) is 5. The van der Waals surface area contributed by atoms with Crippen molar-refractivity contribution in [1.29, 1.82) is 0 Å². The SMILES string of the molecule is CC(C(=O)NCCCC(=O)O)N1C(=O)/C(=C/c2ccc(Cl)cc2)SC1=S. The van der Waals surface area contributed by atoms with Crippen LogP contribution in [0.1, 0.15) is 25.3 Å². The van der Waals surface area contributed by atoms with Gasteiger partial charge in [0.1, 0.15) is 10.4 Å². The van der Waals surface area contributed by atoms with E-state index in [2.05, 4.69) is 5.32 Å². The highest BCUT2D eigenvalue weighted by molar-refractivity contribution is 8.26. The topological polar surface area (TPSA) is 86.7 Å². The van der Waals surface area contributed by atoms with Crippen molar-refractivity contribution in [2.45, 2.75) is 25.8 Å². The number of hydrogen-bond donors (Lipinski definition) is 2. The van der Waals surface area contributed by atoms with Gasteiger partial charge in [0, 0.05) is 18.0 Å². The van der Waals surface area contributed by atoms with Gasteiger partial charge in [-0.3, -0.25) is 19.3 Å². The number of thiocarbonyl (C=S) groups is 1. The lowest BCUT2D eigenvalue weighted by Gasteiger charge is -2.22. The second-order valence-electron chi connectivity index (χ2n) is 5.57. The van der Waals surface area contributed by atoms with Crippen molar-refractivity contribution in [3.8, 4) is 0 Å². The zero-order valence-corrected chi connectivity index (χ0v) is 16.3. The molecule has 0 radical (unpaired) electrons. The molecular formula is C17H17ClN2O4S2. The van der Waals surface area contributed by atoms with Crippen LogP contribution in [0.4, 0.5) is 0 Å². The zero-order valence-electron chi connectivity index (χ0n) is 13.9. The maximum atomic E-state index is 12.6. The first kappa shape index (κ1) is 20.4. The lowest BCUT2D eigenvalue weighted by Crippen LogP contribution is -2.47. The molecular weight excluding hydrogens is 396 g/mol. The van der Waals surface area contributed by atoms with Gasteiger partial charge in [-0.15, -0.1) is 0 Å². The summed E-state index contributed by atoms with van der Waals surface area (Å²) in [6.45, 7) is 1.81. The summed E-state index contributed by atoms with van der Waals surface area (Å²) in [5.74, 6) is -1.63. The highest BCUT2D eigenvalue weighted by Crippen LogP contribution is 2.34. The van der Waals surface area contributed by atoms with Crippen molar-refractivity contribution in [2.75, 3.05) is 6.54 Å². The van der Waals surface area contributed by atoms with E-state index in [1.165, 1.54) is 4.90 Å². The third kappa shape index (κ3) is 5.30. The molecule has 1 atom stereocenters. The van der Waals surface area contributed by atoms with Gasteiger partial charge in [-0.1, -0.05) is 47.7 Å². The number of benzene rings is 1. The molecule has 0 bridgehead atoms. The molecule has 138 valence electrons. The predicted octanol–water partition coefficient (Wildman–Crippen LogP) is 2.91. The average Bonchev–Trinajstić information content (AvgIpc) is 2.86. The number of carboxylic acids is 1. The average molecular weight is 413 g/mol. The summed E-state index contributed by atoms with van der Waals surface area (Å²) >= 11 is 12.2. The van der Waals surface area contributed by atoms with Crippen LogP contribution in [0.2, 0.25) is 5.02 Å². The first-order valence-corrected chi connectivity index (χ1v) is 9.42. The Morgan fingerprint density at radius 3 is 2.65 bits per heavy atom. The summed E-state index contributed by atoms with van der Waals surface area (Å²) in [5, 5.41) is 11.8. The minimum absolute atomic E-state index is 0.0282. The Morgan fingerprint density at radius 2 is 2.04 bits per heavy atom. The molecule has 26 heavy (non-hydrogen) atoms. The van der Waals surface area contributed by atoms with Crippen LogP contribution in [0.15, 0.2) is 29.2 Å². The molecule has 2 rings (SSSR count). The summed E-state index contributed by atoms with van der Waals surface area (Å²) in [7, 11) is 0. The van der Waals surface area contributed by atoms with Crippen molar-refractivity contribution >= 4 is 63.8 Å². The summed E-state index contributed by atoms with van der Waals surface area (Å²) in [6, 6.07) is 6.24. The molecule has 1 aliphatic heterocycles. The summed E-state index contributed by atoms with van der Waals surface area (Å²) in [6.07, 6.45) is 2.00. The highest BCUT2D eigenvalue weighted by atomic mass is 35.5. The molecule has 1 heterocycles. The van der Waals surface area contributed by atoms with E-state index in [9.17, 15) is 14.4 Å². The monoisotopic (exact) mass is 412 g/mol. The van der Waals surface area contributed by atoms with Crippen LogP contribution in [-0.4, -0.2) is 44.7 Å². The van der Waals surface area contributed by atoms with Crippen molar-refractivity contribution in [2.24, 2.45) is 0 Å². The smallest absolute Gasteiger partial charge is 0.303 e. The van der Waals surface area contributed by atoms with E-state index in [1.54, 1.807) is 37.3 Å². The van der Waals surface area contributed by atoms with Gasteiger partial charge in [0.2, 0.25) is 5.91 Å². The number of aliphatic carboxylic acids is 1. The molecule has 1 aromatic rings. The molecule has 1 fully saturated rings. The molecule has 6 nitrogen and oxygen atoms in total. The number of rotatable bonds is 7. The fourth-order valence-corrected chi connectivity index (χ4v) is 3.78. The fourth-order valence-electron chi connectivity index (χ4n) is 2.24. The molecule has 2 N–H and O–H groups in total. The number of nitrogens with one attached hydrogen (secondary N) is 1. The Bertz CT molecular complexity index is 765. The van der Waals surface area contributed by atoms with Crippen LogP contribution >= 0.6 is 35.6 Å². The standard InChI is InChI=1S/C17H17ClN2O4S2/c1-10(15(23)19-8-2-3-14(21)22)20-16(24)13(26-17(20)25)9-11-4-6-12(18)7-5-11/h4-7,9-10H,2-3,8H2,1H3,(H,19,23)(H,21,22)/b13-9-. The maximum absolute atomic E-state index is 12.6. The van der Waals surface area contributed by atoms with Gasteiger partial charge in [0.05, 0.1) is 4.91 Å². The number of amides is 2. The van der Waals surface area contributed by atoms with E-state index >= 15 is 0 Å². The Hall–Kier alpha value is -1.90. The third-order valence-electron chi connectivity index (χ3n) is 3.62. The Morgan fingerprint density at radius 1 is 1.38 bits per heavy atom. The van der Waals surface area contributed by atoms with E-state index in [0.29, 0.717) is 20.7 Å². The first-order chi connectivity index (χ1) is 12.3. The molecule has 1 unspecified atom stereocenters. The zero-order chi connectivity index (χ0) is 19.3. The van der Waals surface area contributed by atoms with Crippen molar-refractivity contribution < 1.29 is 19.5 Å². The highest BCUT2D eigenvalue weighted by Gasteiger charge is 2.38. The summed E-state index contributed by atoms with van der Waals surface area (Å²) in [5.41, 5.74) is 0.806. The van der Waals surface area contributed by atoms with Crippen LogP contribution in [0.3, 0.4) is 0 Å². The molecule has 1 aliphatic rings. The van der Waals surface area contributed by atoms with E-state index < -0.39 is 12.0 Å². The molecule has 9 heteroatoms. The van der Waals surface area contributed by atoms with Crippen LogP contribution < -0.4 is 5.32 Å². The molecule has 1 saturated heterocycles. The van der Waals surface area contributed by atoms with Crippen molar-refractivity contribution in [3.63, 3.8) is 0 Å². The minimum atomic E-state index is -0.920. The molecule has 0 saturated carbocycles. The van der Waals surface area contributed by atoms with Gasteiger partial charge in [0.15, 0.2) is 0 Å². The fraction of sp³-hybridized carbons (Fsp3) is 0.294. The van der Waals surface area contributed by atoms with Gasteiger partial charge >= 0.3 is 5.97 Å². The van der Waals surface area contributed by atoms with Crippen molar-refractivity contribution in [3.05, 3.63) is 39.8 Å². The van der Waals surface area contributed by atoms with Crippen LogP contribution in [0, 0.1) is 0 Å². The molecule has 0 spiro atoms. The van der Waals surface area contributed by atoms with Gasteiger partial charge in [-0.25, -0.2) is 0 Å². The van der Waals surface area contributed by atoms with E-state index in [1.807, 2.05) is 0 Å². The van der Waals surface area contributed by atoms with Gasteiger partial charge in [0.25, 0.3) is 5.91 Å². The maximum Gasteiger partial charge on any atom is 0.303 e. The number of carboxylic acid groups (broad SMARTS) is 1. The van der Waals surface area contributed by atoms with Crippen LogP contribution in [0.5, 0.6) is 0 Å². The lowest BCUT2D eigenvalue weighted by molar-refractivity contribution is -0.137. The van der Waals surface area contributed by atoms with Gasteiger partial charge < -0.3 is 10.4 Å². The molecule has 0 aliphatic carbocycles. The first-order valence-electron chi connectivity index (χ1n) is 7.81. The number of thioether (sulfide) groups is 1. The number of carbonyl (C=O) groups excluding carboxylic acids is 2. The second-order valence-corrected chi connectivity index (χ2v) is 7.68. The van der Waals surface area contributed by atoms with E-state index in [4.69, 9.17) is 28.9 Å². The number of carbonyl (C=O) groups is 3. The third-order valence-corrected chi connectivity index (χ3v) is 5.21. The van der Waals surface area contributed by atoms with E-state index in [-0.39, 0.29) is 24.8 Å². The molecule has 0 aromatic heterocycles. The normalized spacial score (nSPS) is 16.8. The molecule has 1 aromatic carbocycles. The Labute approximate surface area is 165 Å². The van der Waals surface area contributed by atoms with Crippen LogP contribution in [-0.2, 0) is 14.4 Å². The minimum Gasteiger partial charge on any atom is -0.481 e. The van der Waals surface area contributed by atoms with Gasteiger partial charge in [-0.2, -0.15) is 0 Å². The summed E-state index contributed by atoms with van der Waals surface area (Å²) in [4.78, 5) is 37.0. The Balaban J connectivity index is 2.02. The second kappa shape index (κ2) is 9.16. The number of nitrogens with zero attached hydrogens (tertiary/aromatic N) is 1. The lowest BCUT2D eigenvalue weighted by atomic mass is 10.2. The van der Waals surface area contributed by atoms with Crippen molar-refractivity contribution in [1.82, 2.24) is 10.2 Å². The Kier molecular flexibility index (Phi) is 7.19. The van der Waals surface area contributed by atoms with Gasteiger partial charge in [-0.05, 0) is 37.1 Å². The largest absolute Gasteiger partial charge is 0.481 e. The van der Waals surface area contributed by atoms with E-state index in [0.717, 1.165) is 17.3 Å².